The van der Waals surface area contributed by atoms with Gasteiger partial charge >= 0.3 is 6.09 Å². The molecule has 0 saturated heterocycles. The van der Waals surface area contributed by atoms with Crippen molar-refractivity contribution in [1.29, 1.82) is 0 Å². The summed E-state index contributed by atoms with van der Waals surface area (Å²) in [5, 5.41) is 27.2. The molecule has 14 heteroatoms. The van der Waals surface area contributed by atoms with Crippen LogP contribution < -0.4 is 15.4 Å². The van der Waals surface area contributed by atoms with Gasteiger partial charge in [-0.2, -0.15) is 0 Å². The second-order valence-corrected chi connectivity index (χ2v) is 13.3. The maximum Gasteiger partial charge on any atom is 0.408 e. The maximum atomic E-state index is 13.5. The van der Waals surface area contributed by atoms with E-state index in [1.165, 1.54) is 12.5 Å². The van der Waals surface area contributed by atoms with E-state index in [0.717, 1.165) is 38.5 Å². The largest absolute Gasteiger partial charge is 0.444 e. The number of ether oxygens (including phenoxy) is 1. The SMILES string of the molecule is CCCCNS(=O)(=O)CC(O)C(O)C(CC1CCCCC1)NC(=O)[C@H](Cc1cnc[nH]1)NC(=O)OC(C)(C)C.Cl. The lowest BCUT2D eigenvalue weighted by Gasteiger charge is -2.33. The van der Waals surface area contributed by atoms with Gasteiger partial charge in [0.15, 0.2) is 0 Å². The number of alkyl carbamates (subject to hydrolysis) is 1. The average Bonchev–Trinajstić information content (AvgIpc) is 3.35. The Balaban J connectivity index is 0.00000800. The van der Waals surface area contributed by atoms with Crippen molar-refractivity contribution in [3.05, 3.63) is 18.2 Å². The van der Waals surface area contributed by atoms with E-state index in [-0.39, 0.29) is 31.3 Å². The highest BCUT2D eigenvalue weighted by Gasteiger charge is 2.35. The van der Waals surface area contributed by atoms with Crippen LogP contribution in [-0.4, -0.2) is 82.8 Å². The number of H-pyrrole nitrogens is 1. The molecule has 1 aliphatic carbocycles. The van der Waals surface area contributed by atoms with E-state index in [2.05, 4.69) is 25.3 Å². The molecule has 1 fully saturated rings. The second kappa shape index (κ2) is 17.1. The Labute approximate surface area is 244 Å². The second-order valence-electron chi connectivity index (χ2n) is 11.4. The van der Waals surface area contributed by atoms with Gasteiger partial charge in [0, 0.05) is 24.9 Å². The Kier molecular flexibility index (Phi) is 15.5. The predicted octanol–water partition coefficient (Wildman–Crippen LogP) is 2.16. The molecule has 0 bridgehead atoms. The van der Waals surface area contributed by atoms with Gasteiger partial charge in [-0.1, -0.05) is 45.4 Å². The summed E-state index contributed by atoms with van der Waals surface area (Å²) in [5.41, 5.74) is -0.181. The average molecular weight is 610 g/mol. The zero-order chi connectivity index (χ0) is 29.1. The number of nitrogens with zero attached hydrogens (tertiary/aromatic N) is 1. The van der Waals surface area contributed by atoms with Crippen LogP contribution in [0.4, 0.5) is 4.79 Å². The lowest BCUT2D eigenvalue weighted by atomic mass is 9.83. The monoisotopic (exact) mass is 609 g/mol. The van der Waals surface area contributed by atoms with E-state index in [1.54, 1.807) is 20.8 Å². The number of sulfonamides is 1. The number of aromatic nitrogens is 2. The van der Waals surface area contributed by atoms with Crippen molar-refractivity contribution in [3.63, 3.8) is 0 Å². The molecule has 6 N–H and O–H groups in total. The third-order valence-electron chi connectivity index (χ3n) is 6.67. The standard InChI is InChI=1S/C26H47N5O7S.ClH/c1-5-6-12-29-39(36,37)16-22(32)23(33)20(13-18-10-8-7-9-11-18)30-24(34)21(14-19-15-27-17-28-19)31-25(35)38-26(2,3)4;/h15,17-18,20-23,29,32-33H,5-14,16H2,1-4H3,(H,27,28)(H,30,34)(H,31,35);1H/t20?,21-,22?,23?;/m0./s1. The summed E-state index contributed by atoms with van der Waals surface area (Å²) in [5.74, 6) is -1.08. The number of unbranched alkanes of at least 4 members (excludes halogenated alkanes) is 1. The zero-order valence-corrected chi connectivity index (χ0v) is 25.7. The number of aromatic amines is 1. The van der Waals surface area contributed by atoms with Crippen LogP contribution in [0.25, 0.3) is 0 Å². The first kappa shape index (κ1) is 36.1. The molecule has 0 aromatic carbocycles. The molecular weight excluding hydrogens is 562 g/mol. The molecule has 1 aliphatic rings. The summed E-state index contributed by atoms with van der Waals surface area (Å²) >= 11 is 0. The summed E-state index contributed by atoms with van der Waals surface area (Å²) in [4.78, 5) is 32.8. The molecule has 3 unspecified atom stereocenters. The minimum atomic E-state index is -3.83. The number of amides is 2. The first-order valence-corrected chi connectivity index (χ1v) is 15.6. The Morgan fingerprint density at radius 1 is 1.18 bits per heavy atom. The Morgan fingerprint density at radius 2 is 1.85 bits per heavy atom. The first-order valence-electron chi connectivity index (χ1n) is 13.9. The van der Waals surface area contributed by atoms with Gasteiger partial charge in [-0.3, -0.25) is 4.79 Å². The molecule has 1 saturated carbocycles. The molecule has 2 rings (SSSR count). The Morgan fingerprint density at radius 3 is 2.42 bits per heavy atom. The number of nitrogens with one attached hydrogen (secondary N) is 4. The van der Waals surface area contributed by atoms with E-state index in [1.807, 2.05) is 6.92 Å². The minimum Gasteiger partial charge on any atom is -0.444 e. The fourth-order valence-electron chi connectivity index (χ4n) is 4.68. The van der Waals surface area contributed by atoms with Gasteiger partial charge in [0.2, 0.25) is 15.9 Å². The number of rotatable bonds is 15. The smallest absolute Gasteiger partial charge is 0.408 e. The number of aliphatic hydroxyl groups excluding tert-OH is 2. The highest BCUT2D eigenvalue weighted by atomic mass is 35.5. The summed E-state index contributed by atoms with van der Waals surface area (Å²) in [6.45, 7) is 7.30. The summed E-state index contributed by atoms with van der Waals surface area (Å²) < 4.78 is 32.6. The quantitative estimate of drug-likeness (QED) is 0.163. The van der Waals surface area contributed by atoms with Crippen molar-refractivity contribution in [2.75, 3.05) is 12.3 Å². The van der Waals surface area contributed by atoms with Crippen LogP contribution in [0.3, 0.4) is 0 Å². The number of hydrogen-bond donors (Lipinski definition) is 6. The van der Waals surface area contributed by atoms with Crippen molar-refractivity contribution in [2.24, 2.45) is 5.92 Å². The van der Waals surface area contributed by atoms with Gasteiger partial charge in [-0.15, -0.1) is 12.4 Å². The lowest BCUT2D eigenvalue weighted by Crippen LogP contribution is -2.57. The van der Waals surface area contributed by atoms with E-state index in [4.69, 9.17) is 4.74 Å². The van der Waals surface area contributed by atoms with Gasteiger partial charge in [-0.25, -0.2) is 22.9 Å². The van der Waals surface area contributed by atoms with Crippen LogP contribution in [0, 0.1) is 5.92 Å². The maximum absolute atomic E-state index is 13.5. The van der Waals surface area contributed by atoms with Gasteiger partial charge in [0.05, 0.1) is 24.2 Å². The highest BCUT2D eigenvalue weighted by Crippen LogP contribution is 2.28. The molecule has 40 heavy (non-hydrogen) atoms. The van der Waals surface area contributed by atoms with Crippen LogP contribution in [0.15, 0.2) is 12.5 Å². The topological polar surface area (TPSA) is 183 Å². The zero-order valence-electron chi connectivity index (χ0n) is 24.0. The van der Waals surface area contributed by atoms with Crippen molar-refractivity contribution < 1.29 is 33.0 Å². The molecule has 12 nitrogen and oxygen atoms in total. The molecule has 4 atom stereocenters. The Hall–Kier alpha value is -1.93. The fraction of sp³-hybridized carbons (Fsp3) is 0.808. The van der Waals surface area contributed by atoms with E-state index in [0.29, 0.717) is 18.5 Å². The van der Waals surface area contributed by atoms with Gasteiger partial charge in [0.25, 0.3) is 0 Å². The van der Waals surface area contributed by atoms with Gasteiger partial charge in [-0.05, 0) is 39.5 Å². The molecule has 1 aromatic rings. The molecule has 0 radical (unpaired) electrons. The molecule has 232 valence electrons. The van der Waals surface area contributed by atoms with Crippen molar-refractivity contribution in [2.45, 2.75) is 115 Å². The fourth-order valence-corrected chi connectivity index (χ4v) is 5.90. The van der Waals surface area contributed by atoms with E-state index < -0.39 is 57.7 Å². The first-order chi connectivity index (χ1) is 18.3. The van der Waals surface area contributed by atoms with Crippen LogP contribution in [0.2, 0.25) is 0 Å². The lowest BCUT2D eigenvalue weighted by molar-refractivity contribution is -0.125. The van der Waals surface area contributed by atoms with Crippen molar-refractivity contribution >= 4 is 34.4 Å². The minimum absolute atomic E-state index is 0. The number of imidazole rings is 1. The number of carbonyl (C=O) groups excluding carboxylic acids is 2. The predicted molar refractivity (Wildman–Crippen MR) is 155 cm³/mol. The van der Waals surface area contributed by atoms with Gasteiger partial charge in [0.1, 0.15) is 17.7 Å². The van der Waals surface area contributed by atoms with E-state index >= 15 is 0 Å². The molecule has 2 amide bonds. The summed E-state index contributed by atoms with van der Waals surface area (Å²) in [6.07, 6.45) is 5.97. The van der Waals surface area contributed by atoms with Crippen LogP contribution in [0.1, 0.15) is 84.8 Å². The Bertz CT molecular complexity index is 982. The number of hydrogen-bond acceptors (Lipinski definition) is 8. The molecule has 0 aliphatic heterocycles. The van der Waals surface area contributed by atoms with Crippen LogP contribution >= 0.6 is 12.4 Å². The molecule has 1 heterocycles. The van der Waals surface area contributed by atoms with Crippen LogP contribution in [0.5, 0.6) is 0 Å². The van der Waals surface area contributed by atoms with E-state index in [9.17, 15) is 28.2 Å². The summed E-state index contributed by atoms with van der Waals surface area (Å²) in [7, 11) is -3.83. The number of halogens is 1. The number of carbonyl (C=O) groups is 2. The third-order valence-corrected chi connectivity index (χ3v) is 8.10. The van der Waals surface area contributed by atoms with Crippen LogP contribution in [-0.2, 0) is 26.0 Å². The number of aliphatic hydroxyl groups is 2. The normalized spacial score (nSPS) is 17.6. The third kappa shape index (κ3) is 13.6. The van der Waals surface area contributed by atoms with Crippen molar-refractivity contribution in [3.8, 4) is 0 Å². The molecule has 1 aromatic heterocycles. The molecular formula is C26H48ClN5O7S. The molecule has 0 spiro atoms. The van der Waals surface area contributed by atoms with Gasteiger partial charge < -0.3 is 30.6 Å². The summed E-state index contributed by atoms with van der Waals surface area (Å²) in [6, 6.07) is -2.00. The highest BCUT2D eigenvalue weighted by molar-refractivity contribution is 7.89. The van der Waals surface area contributed by atoms with Crippen molar-refractivity contribution in [1.82, 2.24) is 25.3 Å².